The fraction of sp³-hybridized carbons (Fsp3) is 0.667. The summed E-state index contributed by atoms with van der Waals surface area (Å²) in [5.41, 5.74) is 2.75. The number of anilines is 1. The third-order valence-electron chi connectivity index (χ3n) is 3.68. The van der Waals surface area contributed by atoms with Crippen LogP contribution in [-0.4, -0.2) is 18.6 Å². The van der Waals surface area contributed by atoms with Gasteiger partial charge >= 0.3 is 0 Å². The number of rotatable bonds is 9. The Labute approximate surface area is 139 Å². The van der Waals surface area contributed by atoms with Gasteiger partial charge < -0.3 is 10.2 Å². The first-order chi connectivity index (χ1) is 9.95. The second kappa shape index (κ2) is 9.47. The lowest BCUT2D eigenvalue weighted by Crippen LogP contribution is -2.33. The molecule has 0 saturated heterocycles. The van der Waals surface area contributed by atoms with Gasteiger partial charge in [-0.2, -0.15) is 0 Å². The van der Waals surface area contributed by atoms with E-state index in [0.29, 0.717) is 12.1 Å². The molecule has 21 heavy (non-hydrogen) atoms. The maximum absolute atomic E-state index is 3.63. The summed E-state index contributed by atoms with van der Waals surface area (Å²) in [5.74, 6) is 0. The van der Waals surface area contributed by atoms with Crippen LogP contribution >= 0.6 is 15.9 Å². The summed E-state index contributed by atoms with van der Waals surface area (Å²) in [6.07, 6.45) is 3.83. The maximum atomic E-state index is 3.63. The monoisotopic (exact) mass is 354 g/mol. The molecule has 1 aromatic carbocycles. The van der Waals surface area contributed by atoms with Crippen molar-refractivity contribution in [1.82, 2.24) is 5.32 Å². The van der Waals surface area contributed by atoms with Gasteiger partial charge in [-0.05, 0) is 38.0 Å². The Bertz CT molecular complexity index is 416. The maximum Gasteiger partial charge on any atom is 0.0425 e. The molecule has 0 aliphatic heterocycles. The standard InChI is InChI=1S/C18H31BrN2/c1-6-7-8-11-21(15(4)5)18-12-17(19)10-9-16(18)13-20-14(2)3/h9-10,12,14-15,20H,6-8,11,13H2,1-5H3. The minimum atomic E-state index is 0.508. The zero-order chi connectivity index (χ0) is 15.8. The average molecular weight is 355 g/mol. The number of nitrogens with one attached hydrogen (secondary N) is 1. The van der Waals surface area contributed by atoms with Crippen molar-refractivity contribution in [1.29, 1.82) is 0 Å². The predicted molar refractivity (Wildman–Crippen MR) is 98.1 cm³/mol. The van der Waals surface area contributed by atoms with Gasteiger partial charge in [0.25, 0.3) is 0 Å². The summed E-state index contributed by atoms with van der Waals surface area (Å²) in [4.78, 5) is 2.54. The molecule has 0 fully saturated rings. The molecule has 0 saturated carbocycles. The van der Waals surface area contributed by atoms with Crippen LogP contribution in [0.4, 0.5) is 5.69 Å². The number of nitrogens with zero attached hydrogens (tertiary/aromatic N) is 1. The lowest BCUT2D eigenvalue weighted by molar-refractivity contribution is 0.582. The van der Waals surface area contributed by atoms with Crippen LogP contribution in [0.3, 0.4) is 0 Å². The van der Waals surface area contributed by atoms with Gasteiger partial charge in [0.2, 0.25) is 0 Å². The molecule has 3 heteroatoms. The van der Waals surface area contributed by atoms with Crippen molar-refractivity contribution in [3.05, 3.63) is 28.2 Å². The van der Waals surface area contributed by atoms with Crippen LogP contribution in [-0.2, 0) is 6.54 Å². The predicted octanol–water partition coefficient (Wildman–Crippen LogP) is 5.35. The van der Waals surface area contributed by atoms with Gasteiger partial charge in [-0.3, -0.25) is 0 Å². The van der Waals surface area contributed by atoms with Gasteiger partial charge in [-0.15, -0.1) is 0 Å². The quantitative estimate of drug-likeness (QED) is 0.601. The first-order valence-corrected chi connectivity index (χ1v) is 9.03. The highest BCUT2D eigenvalue weighted by atomic mass is 79.9. The summed E-state index contributed by atoms with van der Waals surface area (Å²) in [6.45, 7) is 13.3. The molecule has 0 amide bonds. The largest absolute Gasteiger partial charge is 0.369 e. The van der Waals surface area contributed by atoms with Crippen molar-refractivity contribution in [2.45, 2.75) is 72.5 Å². The van der Waals surface area contributed by atoms with E-state index < -0.39 is 0 Å². The lowest BCUT2D eigenvalue weighted by Gasteiger charge is -2.31. The Morgan fingerprint density at radius 2 is 1.86 bits per heavy atom. The van der Waals surface area contributed by atoms with Gasteiger partial charge in [-0.1, -0.05) is 55.6 Å². The second-order valence-corrected chi connectivity index (χ2v) is 7.22. The first kappa shape index (κ1) is 18.5. The summed E-state index contributed by atoms with van der Waals surface area (Å²) in [6, 6.07) is 7.68. The van der Waals surface area contributed by atoms with E-state index in [1.54, 1.807) is 0 Å². The molecule has 0 heterocycles. The molecular weight excluding hydrogens is 324 g/mol. The number of halogens is 1. The second-order valence-electron chi connectivity index (χ2n) is 6.30. The van der Waals surface area contributed by atoms with Gasteiger partial charge in [0.15, 0.2) is 0 Å². The number of hydrogen-bond donors (Lipinski definition) is 1. The van der Waals surface area contributed by atoms with Crippen molar-refractivity contribution in [2.75, 3.05) is 11.4 Å². The number of unbranched alkanes of at least 4 members (excludes halogenated alkanes) is 2. The van der Waals surface area contributed by atoms with Gasteiger partial charge in [0, 0.05) is 35.3 Å². The van der Waals surface area contributed by atoms with Crippen LogP contribution in [0.5, 0.6) is 0 Å². The van der Waals surface area contributed by atoms with Gasteiger partial charge in [0.05, 0.1) is 0 Å². The molecule has 0 aromatic heterocycles. The van der Waals surface area contributed by atoms with Gasteiger partial charge in [-0.25, -0.2) is 0 Å². The molecule has 1 rings (SSSR count). The molecule has 0 radical (unpaired) electrons. The van der Waals surface area contributed by atoms with Crippen molar-refractivity contribution >= 4 is 21.6 Å². The number of benzene rings is 1. The fourth-order valence-corrected chi connectivity index (χ4v) is 2.81. The SMILES string of the molecule is CCCCCN(c1cc(Br)ccc1CNC(C)C)C(C)C. The molecular formula is C18H31BrN2. The van der Waals surface area contributed by atoms with Crippen molar-refractivity contribution in [2.24, 2.45) is 0 Å². The fourth-order valence-electron chi connectivity index (χ4n) is 2.46. The summed E-state index contributed by atoms with van der Waals surface area (Å²) >= 11 is 3.63. The van der Waals surface area contributed by atoms with Crippen LogP contribution in [0, 0.1) is 0 Å². The third kappa shape index (κ3) is 6.39. The lowest BCUT2D eigenvalue weighted by atomic mass is 10.1. The molecule has 120 valence electrons. The Hall–Kier alpha value is -0.540. The highest BCUT2D eigenvalue weighted by Gasteiger charge is 2.15. The highest BCUT2D eigenvalue weighted by Crippen LogP contribution is 2.27. The Kier molecular flexibility index (Phi) is 8.35. The molecule has 1 aromatic rings. The van der Waals surface area contributed by atoms with E-state index in [1.165, 1.54) is 30.5 Å². The zero-order valence-electron chi connectivity index (χ0n) is 14.2. The van der Waals surface area contributed by atoms with Crippen LogP contribution < -0.4 is 10.2 Å². The zero-order valence-corrected chi connectivity index (χ0v) is 15.8. The average Bonchev–Trinajstić information content (AvgIpc) is 2.41. The normalized spacial score (nSPS) is 11.4. The van der Waals surface area contributed by atoms with Crippen LogP contribution in [0.1, 0.15) is 59.4 Å². The van der Waals surface area contributed by atoms with Crippen molar-refractivity contribution < 1.29 is 0 Å². The Morgan fingerprint density at radius 1 is 1.14 bits per heavy atom. The molecule has 0 aliphatic carbocycles. The van der Waals surface area contributed by atoms with Crippen LogP contribution in [0.15, 0.2) is 22.7 Å². The van der Waals surface area contributed by atoms with Crippen LogP contribution in [0.2, 0.25) is 0 Å². The van der Waals surface area contributed by atoms with E-state index in [2.05, 4.69) is 79.0 Å². The molecule has 0 aliphatic rings. The molecule has 0 unspecified atom stereocenters. The van der Waals surface area contributed by atoms with Gasteiger partial charge in [0.1, 0.15) is 0 Å². The topological polar surface area (TPSA) is 15.3 Å². The van der Waals surface area contributed by atoms with E-state index in [4.69, 9.17) is 0 Å². The molecule has 0 spiro atoms. The number of hydrogen-bond acceptors (Lipinski definition) is 2. The summed E-state index contributed by atoms with van der Waals surface area (Å²) < 4.78 is 1.16. The van der Waals surface area contributed by atoms with E-state index in [-0.39, 0.29) is 0 Å². The minimum Gasteiger partial charge on any atom is -0.369 e. The first-order valence-electron chi connectivity index (χ1n) is 8.24. The van der Waals surface area contributed by atoms with Crippen molar-refractivity contribution in [3.8, 4) is 0 Å². The Balaban J connectivity index is 2.95. The third-order valence-corrected chi connectivity index (χ3v) is 4.18. The van der Waals surface area contributed by atoms with E-state index >= 15 is 0 Å². The molecule has 1 N–H and O–H groups in total. The van der Waals surface area contributed by atoms with E-state index in [0.717, 1.165) is 17.6 Å². The van der Waals surface area contributed by atoms with E-state index in [9.17, 15) is 0 Å². The molecule has 2 nitrogen and oxygen atoms in total. The van der Waals surface area contributed by atoms with Crippen LogP contribution in [0.25, 0.3) is 0 Å². The minimum absolute atomic E-state index is 0.508. The summed E-state index contributed by atoms with van der Waals surface area (Å²) in [7, 11) is 0. The van der Waals surface area contributed by atoms with Crippen molar-refractivity contribution in [3.63, 3.8) is 0 Å². The Morgan fingerprint density at radius 3 is 2.43 bits per heavy atom. The highest BCUT2D eigenvalue weighted by molar-refractivity contribution is 9.10. The molecule has 0 bridgehead atoms. The summed E-state index contributed by atoms with van der Waals surface area (Å²) in [5, 5.41) is 3.54. The molecule has 0 atom stereocenters. The van der Waals surface area contributed by atoms with E-state index in [1.807, 2.05) is 0 Å². The smallest absolute Gasteiger partial charge is 0.0425 e.